The van der Waals surface area contributed by atoms with Crippen LogP contribution in [0.1, 0.15) is 24.2 Å². The molecule has 0 spiro atoms. The second kappa shape index (κ2) is 6.92. The summed E-state index contributed by atoms with van der Waals surface area (Å²) in [6.45, 7) is 6.93. The van der Waals surface area contributed by atoms with Gasteiger partial charge in [0.05, 0.1) is 12.4 Å². The van der Waals surface area contributed by atoms with Crippen molar-refractivity contribution in [3.8, 4) is 0 Å². The van der Waals surface area contributed by atoms with Crippen LogP contribution >= 0.6 is 0 Å². The molecular weight excluding hydrogens is 228 g/mol. The van der Waals surface area contributed by atoms with E-state index in [1.807, 2.05) is 13.0 Å². The number of hydrogen-bond donors (Lipinski definition) is 1. The van der Waals surface area contributed by atoms with Gasteiger partial charge in [0.15, 0.2) is 0 Å². The van der Waals surface area contributed by atoms with Crippen LogP contribution in [0.5, 0.6) is 0 Å². The summed E-state index contributed by atoms with van der Waals surface area (Å²) in [5.74, 6) is 1.02. The molecule has 0 radical (unpaired) electrons. The zero-order valence-corrected chi connectivity index (χ0v) is 11.4. The first-order valence-corrected chi connectivity index (χ1v) is 6.79. The Bertz CT molecular complexity index is 345. The van der Waals surface area contributed by atoms with Crippen LogP contribution in [-0.4, -0.2) is 44.3 Å². The van der Waals surface area contributed by atoms with Crippen LogP contribution in [0.25, 0.3) is 0 Å². The van der Waals surface area contributed by atoms with E-state index in [-0.39, 0.29) is 0 Å². The third kappa shape index (κ3) is 4.12. The van der Waals surface area contributed by atoms with Crippen molar-refractivity contribution >= 4 is 0 Å². The van der Waals surface area contributed by atoms with Gasteiger partial charge in [0.25, 0.3) is 0 Å². The highest BCUT2D eigenvalue weighted by Crippen LogP contribution is 2.11. The lowest BCUT2D eigenvalue weighted by atomic mass is 10.2. The van der Waals surface area contributed by atoms with E-state index in [1.54, 1.807) is 6.26 Å². The molecule has 2 rings (SSSR count). The Morgan fingerprint density at radius 3 is 3.06 bits per heavy atom. The SMILES string of the molecule is Cc1occc1CN(C)CCNCC1CCCO1. The van der Waals surface area contributed by atoms with Gasteiger partial charge in [0.2, 0.25) is 0 Å². The van der Waals surface area contributed by atoms with Crippen molar-refractivity contribution < 1.29 is 9.15 Å². The fourth-order valence-electron chi connectivity index (χ4n) is 2.28. The zero-order chi connectivity index (χ0) is 12.8. The normalized spacial score (nSPS) is 19.8. The van der Waals surface area contributed by atoms with Crippen molar-refractivity contribution in [3.05, 3.63) is 23.7 Å². The van der Waals surface area contributed by atoms with E-state index in [9.17, 15) is 0 Å². The maximum absolute atomic E-state index is 5.57. The quantitative estimate of drug-likeness (QED) is 0.751. The second-order valence-corrected chi connectivity index (χ2v) is 5.08. The minimum Gasteiger partial charge on any atom is -0.469 e. The van der Waals surface area contributed by atoms with E-state index in [4.69, 9.17) is 9.15 Å². The summed E-state index contributed by atoms with van der Waals surface area (Å²) in [5, 5.41) is 3.46. The molecule has 4 nitrogen and oxygen atoms in total. The summed E-state index contributed by atoms with van der Waals surface area (Å²) in [7, 11) is 2.14. The van der Waals surface area contributed by atoms with Gasteiger partial charge in [-0.2, -0.15) is 0 Å². The molecule has 1 aromatic heterocycles. The Labute approximate surface area is 109 Å². The number of rotatable bonds is 7. The van der Waals surface area contributed by atoms with E-state index >= 15 is 0 Å². The predicted octanol–water partition coefficient (Wildman–Crippen LogP) is 1.79. The Hall–Kier alpha value is -0.840. The highest BCUT2D eigenvalue weighted by atomic mass is 16.5. The highest BCUT2D eigenvalue weighted by molar-refractivity contribution is 5.14. The molecule has 2 heterocycles. The first-order chi connectivity index (χ1) is 8.75. The fourth-order valence-corrected chi connectivity index (χ4v) is 2.28. The van der Waals surface area contributed by atoms with Crippen LogP contribution < -0.4 is 5.32 Å². The molecule has 1 N–H and O–H groups in total. The Morgan fingerprint density at radius 2 is 2.39 bits per heavy atom. The number of nitrogens with zero attached hydrogens (tertiary/aromatic N) is 1. The van der Waals surface area contributed by atoms with Crippen molar-refractivity contribution in [3.63, 3.8) is 0 Å². The lowest BCUT2D eigenvalue weighted by molar-refractivity contribution is 0.109. The van der Waals surface area contributed by atoms with Gasteiger partial charge in [-0.25, -0.2) is 0 Å². The molecule has 1 aromatic rings. The number of aryl methyl sites for hydroxylation is 1. The monoisotopic (exact) mass is 252 g/mol. The van der Waals surface area contributed by atoms with Gasteiger partial charge in [0.1, 0.15) is 5.76 Å². The molecule has 1 aliphatic heterocycles. The number of furan rings is 1. The molecular formula is C14H24N2O2. The maximum Gasteiger partial charge on any atom is 0.105 e. The summed E-state index contributed by atoms with van der Waals surface area (Å²) in [4.78, 5) is 2.31. The van der Waals surface area contributed by atoms with Gasteiger partial charge in [-0.3, -0.25) is 0 Å². The Morgan fingerprint density at radius 1 is 1.50 bits per heavy atom. The molecule has 0 saturated carbocycles. The third-order valence-electron chi connectivity index (χ3n) is 3.47. The van der Waals surface area contributed by atoms with Gasteiger partial charge >= 0.3 is 0 Å². The zero-order valence-electron chi connectivity index (χ0n) is 11.4. The van der Waals surface area contributed by atoms with E-state index in [0.29, 0.717) is 6.10 Å². The molecule has 4 heteroatoms. The first kappa shape index (κ1) is 13.6. The second-order valence-electron chi connectivity index (χ2n) is 5.08. The van der Waals surface area contributed by atoms with Crippen LogP contribution in [-0.2, 0) is 11.3 Å². The fraction of sp³-hybridized carbons (Fsp3) is 0.714. The van der Waals surface area contributed by atoms with Crippen LogP contribution in [0.4, 0.5) is 0 Å². The lowest BCUT2D eigenvalue weighted by Gasteiger charge is -2.17. The van der Waals surface area contributed by atoms with Gasteiger partial charge in [-0.15, -0.1) is 0 Å². The van der Waals surface area contributed by atoms with Crippen molar-refractivity contribution in [1.82, 2.24) is 10.2 Å². The predicted molar refractivity (Wildman–Crippen MR) is 71.6 cm³/mol. The van der Waals surface area contributed by atoms with E-state index in [2.05, 4.69) is 17.3 Å². The number of nitrogens with one attached hydrogen (secondary N) is 1. The van der Waals surface area contributed by atoms with Gasteiger partial charge in [-0.1, -0.05) is 0 Å². The molecule has 0 bridgehead atoms. The molecule has 1 atom stereocenters. The number of hydrogen-bond acceptors (Lipinski definition) is 4. The minimum absolute atomic E-state index is 0.437. The van der Waals surface area contributed by atoms with Crippen molar-refractivity contribution in [2.75, 3.05) is 33.3 Å². The lowest BCUT2D eigenvalue weighted by Crippen LogP contribution is -2.33. The van der Waals surface area contributed by atoms with Gasteiger partial charge in [0, 0.05) is 38.3 Å². The van der Waals surface area contributed by atoms with Gasteiger partial charge < -0.3 is 19.4 Å². The van der Waals surface area contributed by atoms with E-state index in [0.717, 1.165) is 38.5 Å². The van der Waals surface area contributed by atoms with Crippen LogP contribution in [0.3, 0.4) is 0 Å². The maximum atomic E-state index is 5.57. The summed E-state index contributed by atoms with van der Waals surface area (Å²) >= 11 is 0. The van der Waals surface area contributed by atoms with E-state index < -0.39 is 0 Å². The summed E-state index contributed by atoms with van der Waals surface area (Å²) in [5.41, 5.74) is 1.27. The number of likely N-dealkylation sites (N-methyl/N-ethyl adjacent to an activating group) is 1. The van der Waals surface area contributed by atoms with Gasteiger partial charge in [-0.05, 0) is 32.9 Å². The molecule has 0 aromatic carbocycles. The average molecular weight is 252 g/mol. The molecule has 1 aliphatic rings. The average Bonchev–Trinajstić information content (AvgIpc) is 2.98. The molecule has 1 saturated heterocycles. The molecule has 1 fully saturated rings. The third-order valence-corrected chi connectivity index (χ3v) is 3.47. The van der Waals surface area contributed by atoms with Crippen molar-refractivity contribution in [1.29, 1.82) is 0 Å². The van der Waals surface area contributed by atoms with Crippen LogP contribution in [0.2, 0.25) is 0 Å². The van der Waals surface area contributed by atoms with Crippen molar-refractivity contribution in [2.45, 2.75) is 32.4 Å². The molecule has 18 heavy (non-hydrogen) atoms. The minimum atomic E-state index is 0.437. The molecule has 102 valence electrons. The number of ether oxygens (including phenoxy) is 1. The first-order valence-electron chi connectivity index (χ1n) is 6.79. The molecule has 0 aliphatic carbocycles. The Balaban J connectivity index is 1.57. The standard InChI is InChI=1S/C14H24N2O2/c1-12-13(5-9-17-12)11-16(2)7-6-15-10-14-4-3-8-18-14/h5,9,14-15H,3-4,6-8,10-11H2,1-2H3. The highest BCUT2D eigenvalue weighted by Gasteiger charge is 2.14. The Kier molecular flexibility index (Phi) is 5.23. The van der Waals surface area contributed by atoms with Crippen LogP contribution in [0, 0.1) is 6.92 Å². The van der Waals surface area contributed by atoms with Crippen molar-refractivity contribution in [2.24, 2.45) is 0 Å². The smallest absolute Gasteiger partial charge is 0.105 e. The van der Waals surface area contributed by atoms with E-state index in [1.165, 1.54) is 18.4 Å². The topological polar surface area (TPSA) is 37.6 Å². The summed E-state index contributed by atoms with van der Waals surface area (Å²) in [6.07, 6.45) is 4.61. The largest absolute Gasteiger partial charge is 0.469 e. The molecule has 1 unspecified atom stereocenters. The summed E-state index contributed by atoms with van der Waals surface area (Å²) < 4.78 is 10.9. The van der Waals surface area contributed by atoms with Crippen LogP contribution in [0.15, 0.2) is 16.7 Å². The summed E-state index contributed by atoms with van der Waals surface area (Å²) in [6, 6.07) is 2.05. The molecule has 0 amide bonds.